The Morgan fingerprint density at radius 1 is 1.47 bits per heavy atom. The highest BCUT2D eigenvalue weighted by Gasteiger charge is 2.25. The van der Waals surface area contributed by atoms with Crippen molar-refractivity contribution in [1.82, 2.24) is 15.1 Å². The van der Waals surface area contributed by atoms with E-state index in [9.17, 15) is 0 Å². The molecule has 1 aliphatic rings. The van der Waals surface area contributed by atoms with Gasteiger partial charge >= 0.3 is 0 Å². The van der Waals surface area contributed by atoms with E-state index >= 15 is 0 Å². The number of nitrogens with zero attached hydrogens (tertiary/aromatic N) is 2. The molecular formula is C15H27N3O. The maximum Gasteiger partial charge on any atom is 0.0644 e. The minimum atomic E-state index is 0.163. The monoisotopic (exact) mass is 265 g/mol. The maximum atomic E-state index is 9.07. The van der Waals surface area contributed by atoms with Gasteiger partial charge in [-0.3, -0.25) is 4.68 Å². The van der Waals surface area contributed by atoms with E-state index in [2.05, 4.69) is 31.2 Å². The lowest BCUT2D eigenvalue weighted by Gasteiger charge is -2.28. The van der Waals surface area contributed by atoms with Crippen molar-refractivity contribution in [2.24, 2.45) is 5.92 Å². The topological polar surface area (TPSA) is 50.1 Å². The van der Waals surface area contributed by atoms with E-state index < -0.39 is 0 Å². The minimum Gasteiger partial charge on any atom is -0.394 e. The summed E-state index contributed by atoms with van der Waals surface area (Å²) in [4.78, 5) is 0. The Balaban J connectivity index is 2.05. The van der Waals surface area contributed by atoms with Gasteiger partial charge in [0.25, 0.3) is 0 Å². The predicted molar refractivity (Wildman–Crippen MR) is 77.0 cm³/mol. The molecule has 0 radical (unpaired) electrons. The van der Waals surface area contributed by atoms with Crippen molar-refractivity contribution < 1.29 is 5.11 Å². The van der Waals surface area contributed by atoms with Crippen LogP contribution in [0.3, 0.4) is 0 Å². The van der Waals surface area contributed by atoms with Gasteiger partial charge in [-0.05, 0) is 38.5 Å². The number of rotatable bonds is 6. The number of aliphatic hydroxyl groups is 1. The molecule has 1 aliphatic carbocycles. The summed E-state index contributed by atoms with van der Waals surface area (Å²) < 4.78 is 1.97. The van der Waals surface area contributed by atoms with Crippen LogP contribution in [-0.4, -0.2) is 27.5 Å². The third-order valence-electron chi connectivity index (χ3n) is 3.89. The Morgan fingerprint density at radius 2 is 2.26 bits per heavy atom. The average Bonchev–Trinajstić information content (AvgIpc) is 2.73. The van der Waals surface area contributed by atoms with Gasteiger partial charge in [0.2, 0.25) is 0 Å². The number of aliphatic hydroxyl groups excluding tert-OH is 1. The highest BCUT2D eigenvalue weighted by atomic mass is 16.3. The van der Waals surface area contributed by atoms with Crippen molar-refractivity contribution in [3.05, 3.63) is 17.5 Å². The van der Waals surface area contributed by atoms with Gasteiger partial charge in [-0.25, -0.2) is 0 Å². The average molecular weight is 265 g/mol. The smallest absolute Gasteiger partial charge is 0.0644 e. The summed E-state index contributed by atoms with van der Waals surface area (Å²) in [5.74, 6) is 0.725. The third-order valence-corrected chi connectivity index (χ3v) is 3.89. The predicted octanol–water partition coefficient (Wildman–Crippen LogP) is 2.28. The number of aromatic nitrogens is 2. The number of hydrogen-bond acceptors (Lipinski definition) is 3. The van der Waals surface area contributed by atoms with E-state index in [0.29, 0.717) is 18.6 Å². The Morgan fingerprint density at radius 3 is 2.95 bits per heavy atom. The molecule has 2 rings (SSSR count). The Bertz CT molecular complexity index is 400. The normalized spacial score (nSPS) is 20.6. The van der Waals surface area contributed by atoms with Crippen molar-refractivity contribution in [2.75, 3.05) is 6.61 Å². The second-order valence-electron chi connectivity index (χ2n) is 6.14. The molecule has 0 aliphatic heterocycles. The highest BCUT2D eigenvalue weighted by molar-refractivity contribution is 5.25. The summed E-state index contributed by atoms with van der Waals surface area (Å²) in [6.45, 7) is 7.58. The third kappa shape index (κ3) is 3.57. The Hall–Kier alpha value is -0.870. The molecule has 1 aromatic rings. The van der Waals surface area contributed by atoms with E-state index in [1.54, 1.807) is 0 Å². The van der Waals surface area contributed by atoms with E-state index in [1.165, 1.54) is 30.5 Å². The maximum absolute atomic E-state index is 9.07. The first kappa shape index (κ1) is 14.5. The molecular weight excluding hydrogens is 238 g/mol. The number of fused-ring (bicyclic) bond motifs is 1. The molecule has 4 heteroatoms. The van der Waals surface area contributed by atoms with Gasteiger partial charge in [0.15, 0.2) is 0 Å². The van der Waals surface area contributed by atoms with Crippen LogP contribution in [-0.2, 0) is 13.0 Å². The Labute approximate surface area is 116 Å². The first-order valence-corrected chi connectivity index (χ1v) is 7.53. The molecule has 0 fully saturated rings. The molecule has 0 saturated carbocycles. The molecule has 0 bridgehead atoms. The summed E-state index contributed by atoms with van der Waals surface area (Å²) in [6.07, 6.45) is 6.68. The second kappa shape index (κ2) is 6.53. The van der Waals surface area contributed by atoms with Crippen LogP contribution in [0.25, 0.3) is 0 Å². The highest BCUT2D eigenvalue weighted by Crippen LogP contribution is 2.30. The van der Waals surface area contributed by atoms with E-state index in [1.807, 2.05) is 10.9 Å². The van der Waals surface area contributed by atoms with Crippen LogP contribution in [0.2, 0.25) is 0 Å². The summed E-state index contributed by atoms with van der Waals surface area (Å²) in [7, 11) is 0. The minimum absolute atomic E-state index is 0.163. The second-order valence-corrected chi connectivity index (χ2v) is 6.14. The zero-order valence-corrected chi connectivity index (χ0v) is 12.4. The fraction of sp³-hybridized carbons (Fsp3) is 0.800. The van der Waals surface area contributed by atoms with Crippen LogP contribution in [0, 0.1) is 5.92 Å². The van der Waals surface area contributed by atoms with E-state index in [4.69, 9.17) is 5.11 Å². The van der Waals surface area contributed by atoms with Crippen molar-refractivity contribution in [3.8, 4) is 0 Å². The lowest BCUT2D eigenvalue weighted by Crippen LogP contribution is -2.33. The standard InChI is InChI=1S/C15H27N3O/c1-11(2)9-12(3)17-14-5-4-6-15-13(14)10-16-18(15)7-8-19/h10-12,14,17,19H,4-9H2,1-3H3/t12-,14+/m1/s1. The van der Waals surface area contributed by atoms with Gasteiger partial charge in [-0.15, -0.1) is 0 Å². The molecule has 0 saturated heterocycles. The van der Waals surface area contributed by atoms with Gasteiger partial charge in [-0.1, -0.05) is 13.8 Å². The molecule has 2 N–H and O–H groups in total. The van der Waals surface area contributed by atoms with Gasteiger partial charge in [-0.2, -0.15) is 5.10 Å². The van der Waals surface area contributed by atoms with Crippen LogP contribution in [0.5, 0.6) is 0 Å². The quantitative estimate of drug-likeness (QED) is 0.829. The first-order valence-electron chi connectivity index (χ1n) is 7.53. The summed E-state index contributed by atoms with van der Waals surface area (Å²) >= 11 is 0. The van der Waals surface area contributed by atoms with Crippen molar-refractivity contribution in [3.63, 3.8) is 0 Å². The molecule has 1 aromatic heterocycles. The zero-order chi connectivity index (χ0) is 13.8. The van der Waals surface area contributed by atoms with Crippen molar-refractivity contribution in [1.29, 1.82) is 0 Å². The summed E-state index contributed by atoms with van der Waals surface area (Å²) in [5, 5.41) is 17.2. The van der Waals surface area contributed by atoms with E-state index in [-0.39, 0.29) is 6.61 Å². The van der Waals surface area contributed by atoms with Crippen LogP contribution < -0.4 is 5.32 Å². The largest absolute Gasteiger partial charge is 0.394 e. The van der Waals surface area contributed by atoms with E-state index in [0.717, 1.165) is 12.3 Å². The molecule has 4 nitrogen and oxygen atoms in total. The molecule has 0 unspecified atom stereocenters. The first-order chi connectivity index (χ1) is 9.11. The molecule has 108 valence electrons. The van der Waals surface area contributed by atoms with Crippen molar-refractivity contribution in [2.45, 2.75) is 65.1 Å². The molecule has 1 heterocycles. The van der Waals surface area contributed by atoms with Crippen LogP contribution in [0.15, 0.2) is 6.20 Å². The van der Waals surface area contributed by atoms with Crippen LogP contribution in [0.1, 0.15) is 57.3 Å². The molecule has 0 amide bonds. The lowest BCUT2D eigenvalue weighted by molar-refractivity contribution is 0.266. The molecule has 0 spiro atoms. The molecule has 0 aromatic carbocycles. The van der Waals surface area contributed by atoms with Crippen molar-refractivity contribution >= 4 is 0 Å². The van der Waals surface area contributed by atoms with Gasteiger partial charge in [0, 0.05) is 23.3 Å². The summed E-state index contributed by atoms with van der Waals surface area (Å²) in [5.41, 5.74) is 2.66. The fourth-order valence-corrected chi connectivity index (χ4v) is 3.20. The lowest BCUT2D eigenvalue weighted by atomic mass is 9.91. The Kier molecular flexibility index (Phi) is 4.99. The number of hydrogen-bond donors (Lipinski definition) is 2. The van der Waals surface area contributed by atoms with Gasteiger partial charge in [0.1, 0.15) is 0 Å². The van der Waals surface area contributed by atoms with Gasteiger partial charge in [0.05, 0.1) is 19.3 Å². The number of nitrogens with one attached hydrogen (secondary N) is 1. The fourth-order valence-electron chi connectivity index (χ4n) is 3.20. The molecule has 19 heavy (non-hydrogen) atoms. The van der Waals surface area contributed by atoms with Gasteiger partial charge < -0.3 is 10.4 Å². The van der Waals surface area contributed by atoms with Crippen LogP contribution >= 0.6 is 0 Å². The van der Waals surface area contributed by atoms with Crippen LogP contribution in [0.4, 0.5) is 0 Å². The SMILES string of the molecule is CC(C)C[C@@H](C)N[C@H]1CCCc2c1cnn2CCO. The molecule has 2 atom stereocenters. The zero-order valence-electron chi connectivity index (χ0n) is 12.4. The summed E-state index contributed by atoms with van der Waals surface area (Å²) in [6, 6.07) is 0.974.